The Balaban J connectivity index is 2.26. The number of hydrogen-bond donors (Lipinski definition) is 1. The number of carbonyl (C=O) groups excluding carboxylic acids is 1. The number of nitro groups is 1. The van der Waals surface area contributed by atoms with E-state index in [-0.39, 0.29) is 28.0 Å². The van der Waals surface area contributed by atoms with E-state index >= 15 is 0 Å². The number of ketones is 1. The maximum atomic E-state index is 12.4. The second kappa shape index (κ2) is 5.90. The average molecular weight is 312 g/mol. The molecule has 1 fully saturated rings. The van der Waals surface area contributed by atoms with Crippen LogP contribution >= 0.6 is 0 Å². The normalized spacial score (nSPS) is 16.9. The molecule has 114 valence electrons. The molecule has 7 nitrogen and oxygen atoms in total. The predicted molar refractivity (Wildman–Crippen MR) is 75.4 cm³/mol. The second-order valence-corrected chi connectivity index (χ2v) is 6.77. The molecule has 0 spiro atoms. The van der Waals surface area contributed by atoms with Crippen molar-refractivity contribution in [1.82, 2.24) is 4.72 Å². The van der Waals surface area contributed by atoms with Crippen LogP contribution in [0.2, 0.25) is 0 Å². The summed E-state index contributed by atoms with van der Waals surface area (Å²) in [6, 6.07) is 3.67. The molecule has 0 atom stereocenters. The Hall–Kier alpha value is -1.80. The third kappa shape index (κ3) is 3.45. The van der Waals surface area contributed by atoms with Gasteiger partial charge in [-0.05, 0) is 25.8 Å². The van der Waals surface area contributed by atoms with E-state index in [1.54, 1.807) is 0 Å². The Morgan fingerprint density at radius 1 is 1.29 bits per heavy atom. The predicted octanol–water partition coefficient (Wildman–Crippen LogP) is 1.69. The number of sulfonamides is 1. The first kappa shape index (κ1) is 15.6. The molecule has 0 aromatic heterocycles. The van der Waals surface area contributed by atoms with Crippen LogP contribution in [0, 0.1) is 17.0 Å². The number of hydrogen-bond acceptors (Lipinski definition) is 5. The van der Waals surface area contributed by atoms with Crippen molar-refractivity contribution in [3.63, 3.8) is 0 Å². The molecule has 1 aromatic carbocycles. The molecule has 0 amide bonds. The van der Waals surface area contributed by atoms with Crippen LogP contribution in [0.25, 0.3) is 0 Å². The smallest absolute Gasteiger partial charge is 0.273 e. The number of rotatable bonds is 4. The van der Waals surface area contributed by atoms with Crippen molar-refractivity contribution in [2.45, 2.75) is 43.5 Å². The van der Waals surface area contributed by atoms with E-state index < -0.39 is 14.9 Å². The van der Waals surface area contributed by atoms with Crippen molar-refractivity contribution in [3.8, 4) is 0 Å². The molecular weight excluding hydrogens is 296 g/mol. The number of nitro benzene ring substituents is 1. The summed E-state index contributed by atoms with van der Waals surface area (Å²) in [5, 5.41) is 10.9. The molecule has 1 aliphatic carbocycles. The van der Waals surface area contributed by atoms with Crippen molar-refractivity contribution in [2.24, 2.45) is 0 Å². The third-order valence-electron chi connectivity index (χ3n) is 3.61. The van der Waals surface area contributed by atoms with Crippen LogP contribution in [-0.4, -0.2) is 25.2 Å². The molecule has 0 radical (unpaired) electrons. The van der Waals surface area contributed by atoms with Crippen LogP contribution in [0.4, 0.5) is 5.69 Å². The molecule has 0 unspecified atom stereocenters. The lowest BCUT2D eigenvalue weighted by Gasteiger charge is -2.22. The first-order chi connectivity index (χ1) is 9.81. The maximum Gasteiger partial charge on any atom is 0.273 e. The van der Waals surface area contributed by atoms with Crippen molar-refractivity contribution in [2.75, 3.05) is 0 Å². The van der Waals surface area contributed by atoms with Gasteiger partial charge in [-0.25, -0.2) is 13.1 Å². The van der Waals surface area contributed by atoms with Gasteiger partial charge in [-0.1, -0.05) is 6.07 Å². The molecule has 0 heterocycles. The van der Waals surface area contributed by atoms with Crippen LogP contribution in [0.1, 0.15) is 31.2 Å². The summed E-state index contributed by atoms with van der Waals surface area (Å²) in [5.74, 6) is 0.136. The van der Waals surface area contributed by atoms with Crippen LogP contribution in [0.3, 0.4) is 0 Å². The van der Waals surface area contributed by atoms with Crippen molar-refractivity contribution < 1.29 is 18.1 Å². The first-order valence-corrected chi connectivity index (χ1v) is 8.07. The van der Waals surface area contributed by atoms with E-state index in [4.69, 9.17) is 0 Å². The highest BCUT2D eigenvalue weighted by molar-refractivity contribution is 7.89. The summed E-state index contributed by atoms with van der Waals surface area (Å²) in [7, 11) is -3.83. The lowest BCUT2D eigenvalue weighted by atomic mass is 9.95. The Morgan fingerprint density at radius 2 is 1.90 bits per heavy atom. The minimum Gasteiger partial charge on any atom is -0.300 e. The summed E-state index contributed by atoms with van der Waals surface area (Å²) in [6.45, 7) is 1.41. The fraction of sp³-hybridized carbons (Fsp3) is 0.462. The van der Waals surface area contributed by atoms with Gasteiger partial charge in [0.2, 0.25) is 10.0 Å². The average Bonchev–Trinajstić information content (AvgIpc) is 2.41. The Labute approximate surface area is 122 Å². The van der Waals surface area contributed by atoms with Gasteiger partial charge in [-0.2, -0.15) is 0 Å². The summed E-state index contributed by atoms with van der Waals surface area (Å²) < 4.78 is 27.3. The Morgan fingerprint density at radius 3 is 2.48 bits per heavy atom. The fourth-order valence-corrected chi connectivity index (χ4v) is 4.00. The lowest BCUT2D eigenvalue weighted by molar-refractivity contribution is -0.385. The summed E-state index contributed by atoms with van der Waals surface area (Å²) in [5.41, 5.74) is -0.112. The highest BCUT2D eigenvalue weighted by Crippen LogP contribution is 2.26. The zero-order chi connectivity index (χ0) is 15.6. The SMILES string of the molecule is Cc1c([N+](=O)[O-])cccc1S(=O)(=O)NC1CCC(=O)CC1. The van der Waals surface area contributed by atoms with E-state index in [1.165, 1.54) is 25.1 Å². The van der Waals surface area contributed by atoms with Crippen molar-refractivity contribution in [3.05, 3.63) is 33.9 Å². The fourth-order valence-electron chi connectivity index (χ4n) is 2.43. The minimum absolute atomic E-state index is 0.0893. The molecule has 8 heteroatoms. The zero-order valence-corrected chi connectivity index (χ0v) is 12.4. The van der Waals surface area contributed by atoms with Gasteiger partial charge in [0.05, 0.1) is 9.82 Å². The maximum absolute atomic E-state index is 12.4. The number of benzene rings is 1. The molecule has 1 saturated carbocycles. The van der Waals surface area contributed by atoms with Gasteiger partial charge in [0.1, 0.15) is 5.78 Å². The highest BCUT2D eigenvalue weighted by atomic mass is 32.2. The summed E-state index contributed by atoms with van der Waals surface area (Å²) >= 11 is 0. The van der Waals surface area contributed by atoms with Gasteiger partial charge in [0.15, 0.2) is 0 Å². The molecule has 0 aliphatic heterocycles. The van der Waals surface area contributed by atoms with Crippen molar-refractivity contribution >= 4 is 21.5 Å². The monoisotopic (exact) mass is 312 g/mol. The van der Waals surface area contributed by atoms with Gasteiger partial charge < -0.3 is 0 Å². The number of Topliss-reactive ketones (excluding diaryl/α,β-unsaturated/α-hetero) is 1. The van der Waals surface area contributed by atoms with E-state index in [2.05, 4.69) is 4.72 Å². The quantitative estimate of drug-likeness (QED) is 0.672. The highest BCUT2D eigenvalue weighted by Gasteiger charge is 2.27. The molecule has 1 N–H and O–H groups in total. The largest absolute Gasteiger partial charge is 0.300 e. The Bertz CT molecular complexity index is 674. The van der Waals surface area contributed by atoms with Gasteiger partial charge in [-0.15, -0.1) is 0 Å². The van der Waals surface area contributed by atoms with Crippen LogP contribution in [0.5, 0.6) is 0 Å². The zero-order valence-electron chi connectivity index (χ0n) is 11.5. The van der Waals surface area contributed by atoms with Gasteiger partial charge in [-0.3, -0.25) is 14.9 Å². The third-order valence-corrected chi connectivity index (χ3v) is 5.27. The lowest BCUT2D eigenvalue weighted by Crippen LogP contribution is -2.38. The standard InChI is InChI=1S/C13H16N2O5S/c1-9-12(15(17)18)3-2-4-13(9)21(19,20)14-10-5-7-11(16)8-6-10/h2-4,10,14H,5-8H2,1H3. The molecule has 2 rings (SSSR count). The molecular formula is C13H16N2O5S. The van der Waals surface area contributed by atoms with Crippen LogP contribution < -0.4 is 4.72 Å². The number of nitrogens with zero attached hydrogens (tertiary/aromatic N) is 1. The van der Waals surface area contributed by atoms with E-state index in [9.17, 15) is 23.3 Å². The van der Waals surface area contributed by atoms with E-state index in [1.807, 2.05) is 0 Å². The molecule has 0 saturated heterocycles. The van der Waals surface area contributed by atoms with Gasteiger partial charge >= 0.3 is 0 Å². The summed E-state index contributed by atoms with van der Waals surface area (Å²) in [4.78, 5) is 21.4. The molecule has 0 bridgehead atoms. The summed E-state index contributed by atoms with van der Waals surface area (Å²) in [6.07, 6.45) is 1.65. The molecule has 1 aromatic rings. The second-order valence-electron chi connectivity index (χ2n) is 5.09. The topological polar surface area (TPSA) is 106 Å². The molecule has 21 heavy (non-hydrogen) atoms. The minimum atomic E-state index is -3.83. The van der Waals surface area contributed by atoms with Gasteiger partial charge in [0, 0.05) is 30.5 Å². The van der Waals surface area contributed by atoms with Crippen LogP contribution in [0.15, 0.2) is 23.1 Å². The van der Waals surface area contributed by atoms with Gasteiger partial charge in [0.25, 0.3) is 5.69 Å². The number of nitrogens with one attached hydrogen (secondary N) is 1. The first-order valence-electron chi connectivity index (χ1n) is 6.59. The Kier molecular flexibility index (Phi) is 4.38. The van der Waals surface area contributed by atoms with E-state index in [0.29, 0.717) is 25.7 Å². The van der Waals surface area contributed by atoms with E-state index in [0.717, 1.165) is 0 Å². The van der Waals surface area contributed by atoms with Crippen LogP contribution in [-0.2, 0) is 14.8 Å². The van der Waals surface area contributed by atoms with Crippen molar-refractivity contribution in [1.29, 1.82) is 0 Å². The molecule has 1 aliphatic rings. The number of carbonyl (C=O) groups is 1.